The Kier molecular flexibility index (Phi) is 10.1. The normalized spacial score (nSPS) is 15.6. The number of halogens is 2. The summed E-state index contributed by atoms with van der Waals surface area (Å²) in [5.74, 6) is -0.545. The highest BCUT2D eigenvalue weighted by Gasteiger charge is 2.39. The lowest BCUT2D eigenvalue weighted by atomic mass is 9.99. The van der Waals surface area contributed by atoms with Crippen molar-refractivity contribution >= 4 is 45.4 Å². The van der Waals surface area contributed by atoms with Gasteiger partial charge in [-0.1, -0.05) is 31.2 Å². The molecule has 5 aromatic rings. The molecule has 0 saturated heterocycles. The highest BCUT2D eigenvalue weighted by atomic mass is 35.5. The van der Waals surface area contributed by atoms with Gasteiger partial charge in [-0.2, -0.15) is 4.98 Å². The Morgan fingerprint density at radius 1 is 1.06 bits per heavy atom. The van der Waals surface area contributed by atoms with E-state index in [9.17, 15) is 18.3 Å². The van der Waals surface area contributed by atoms with Gasteiger partial charge in [0, 0.05) is 42.3 Å². The zero-order valence-electron chi connectivity index (χ0n) is 28.4. The number of carbonyl (C=O) groups is 1. The van der Waals surface area contributed by atoms with Gasteiger partial charge in [0.05, 0.1) is 21.8 Å². The molecule has 7 rings (SSSR count). The maximum absolute atomic E-state index is 15.1. The van der Waals surface area contributed by atoms with Crippen molar-refractivity contribution in [3.63, 3.8) is 0 Å². The number of rotatable bonds is 14. The van der Waals surface area contributed by atoms with Crippen LogP contribution in [-0.2, 0) is 16.6 Å². The molecule has 1 atom stereocenters. The molecule has 51 heavy (non-hydrogen) atoms. The lowest BCUT2D eigenvalue weighted by molar-refractivity contribution is 0.0696. The van der Waals surface area contributed by atoms with Crippen LogP contribution in [0.2, 0.25) is 0 Å². The summed E-state index contributed by atoms with van der Waals surface area (Å²) < 4.78 is 56.4. The van der Waals surface area contributed by atoms with Gasteiger partial charge in [-0.3, -0.25) is 0 Å². The van der Waals surface area contributed by atoms with Crippen LogP contribution in [0.1, 0.15) is 77.9 Å². The minimum atomic E-state index is -4.27. The summed E-state index contributed by atoms with van der Waals surface area (Å²) in [4.78, 5) is 24.8. The number of furan rings is 1. The molecule has 2 saturated carbocycles. The predicted octanol–water partition coefficient (Wildman–Crippen LogP) is 7.57. The van der Waals surface area contributed by atoms with Gasteiger partial charge in [0.15, 0.2) is 5.58 Å². The van der Waals surface area contributed by atoms with E-state index in [1.807, 2.05) is 38.1 Å². The Labute approximate surface area is 301 Å². The lowest BCUT2D eigenvalue weighted by Gasteiger charge is -2.22. The van der Waals surface area contributed by atoms with Crippen LogP contribution < -0.4 is 14.8 Å². The van der Waals surface area contributed by atoms with Crippen LogP contribution in [0.5, 0.6) is 5.88 Å². The second kappa shape index (κ2) is 14.2. The molecule has 0 amide bonds. The van der Waals surface area contributed by atoms with Crippen molar-refractivity contribution in [3.05, 3.63) is 94.6 Å². The number of sulfonamides is 1. The van der Waals surface area contributed by atoms with Gasteiger partial charge in [0.2, 0.25) is 11.8 Å². The fourth-order valence-electron chi connectivity index (χ4n) is 6.19. The van der Waals surface area contributed by atoms with Gasteiger partial charge in [-0.05, 0) is 80.7 Å². The standard InChI is InChI=1S/C37H38FN5O6S.ClH/c1-21-6-4-7-22(2)34(21)29-17-33(42-36(41-29)43-50(46,47)26-9-5-8-24(14-26)35(44)45)48-20-25(18-37(3)12-13-37)39-19-30-27(38)15-32-28(40-30)16-31(49-32)23-10-11-23;/h4-9,14-17,23,25,39H,10-13,18-20H2,1-3H3,(H,44,45)(H,41,42,43);1H/t25-;/m1./s1. The SMILES string of the molecule is Cc1cccc(C)c1-c1cc(OC[C@@H](CC2(C)CC2)NCc2nc3cc(C4CC4)oc3cc2F)nc(NS(=O)(=O)c2cccc(C(=O)O)c2)n1.Cl. The van der Waals surface area contributed by atoms with Crippen molar-refractivity contribution in [2.24, 2.45) is 5.41 Å². The molecule has 0 aliphatic heterocycles. The van der Waals surface area contributed by atoms with Crippen LogP contribution in [0.15, 0.2) is 70.0 Å². The van der Waals surface area contributed by atoms with Crippen LogP contribution >= 0.6 is 12.4 Å². The molecule has 3 N–H and O–H groups in total. The molecule has 2 aromatic carbocycles. The number of nitrogens with one attached hydrogen (secondary N) is 2. The third-order valence-corrected chi connectivity index (χ3v) is 10.7. The molecule has 0 unspecified atom stereocenters. The molecule has 0 radical (unpaired) electrons. The smallest absolute Gasteiger partial charge is 0.335 e. The predicted molar refractivity (Wildman–Crippen MR) is 192 cm³/mol. The third kappa shape index (κ3) is 8.32. The molecule has 2 fully saturated rings. The Morgan fingerprint density at radius 3 is 2.47 bits per heavy atom. The number of benzene rings is 2. The van der Waals surface area contributed by atoms with E-state index in [0.29, 0.717) is 22.7 Å². The molecular formula is C37H39ClFN5O6S. The van der Waals surface area contributed by atoms with Gasteiger partial charge in [-0.25, -0.2) is 32.3 Å². The number of carboxylic acids is 1. The van der Waals surface area contributed by atoms with Crippen molar-refractivity contribution < 1.29 is 31.9 Å². The zero-order valence-corrected chi connectivity index (χ0v) is 30.0. The van der Waals surface area contributed by atoms with E-state index >= 15 is 4.39 Å². The monoisotopic (exact) mass is 735 g/mol. The van der Waals surface area contributed by atoms with Gasteiger partial charge in [0.1, 0.15) is 23.7 Å². The number of aromatic nitrogens is 3. The van der Waals surface area contributed by atoms with E-state index in [0.717, 1.165) is 60.6 Å². The number of nitrogens with zero attached hydrogens (tertiary/aromatic N) is 3. The average molecular weight is 736 g/mol. The number of hydrogen-bond donors (Lipinski definition) is 3. The van der Waals surface area contributed by atoms with Gasteiger partial charge in [-0.15, -0.1) is 12.4 Å². The first-order valence-electron chi connectivity index (χ1n) is 16.6. The molecule has 0 bridgehead atoms. The van der Waals surface area contributed by atoms with Crippen molar-refractivity contribution in [1.29, 1.82) is 0 Å². The number of carboxylic acid groups (broad SMARTS) is 1. The number of anilines is 1. The molecule has 0 spiro atoms. The number of fused-ring (bicyclic) bond motifs is 1. The van der Waals surface area contributed by atoms with Gasteiger partial charge >= 0.3 is 5.97 Å². The summed E-state index contributed by atoms with van der Waals surface area (Å²) in [5.41, 5.74) is 4.42. The number of aryl methyl sites for hydroxylation is 2. The van der Waals surface area contributed by atoms with Crippen LogP contribution in [0.25, 0.3) is 22.4 Å². The topological polar surface area (TPSA) is 157 Å². The highest BCUT2D eigenvalue weighted by molar-refractivity contribution is 7.92. The van der Waals surface area contributed by atoms with Crippen molar-refractivity contribution in [2.75, 3.05) is 11.3 Å². The number of ether oxygens (including phenoxy) is 1. The molecule has 11 nitrogen and oxygen atoms in total. The van der Waals surface area contributed by atoms with Crippen LogP contribution in [0, 0.1) is 25.1 Å². The summed E-state index contributed by atoms with van der Waals surface area (Å²) in [7, 11) is -4.27. The van der Waals surface area contributed by atoms with E-state index < -0.39 is 21.8 Å². The van der Waals surface area contributed by atoms with E-state index in [1.54, 1.807) is 6.07 Å². The second-order valence-electron chi connectivity index (χ2n) is 13.7. The number of pyridine rings is 1. The first kappa shape index (κ1) is 36.2. The molecular weight excluding hydrogens is 697 g/mol. The maximum atomic E-state index is 15.1. The van der Waals surface area contributed by atoms with Crippen LogP contribution in [0.3, 0.4) is 0 Å². The Hall–Kier alpha value is -4.59. The number of hydrogen-bond acceptors (Lipinski definition) is 9. The minimum Gasteiger partial charge on any atom is -0.478 e. The van der Waals surface area contributed by atoms with E-state index in [4.69, 9.17) is 9.15 Å². The molecule has 14 heteroatoms. The largest absolute Gasteiger partial charge is 0.478 e. The molecule has 3 aromatic heterocycles. The van der Waals surface area contributed by atoms with E-state index in [2.05, 4.69) is 31.9 Å². The molecule has 2 aliphatic carbocycles. The summed E-state index contributed by atoms with van der Waals surface area (Å²) >= 11 is 0. The number of aromatic carboxylic acids is 1. The Balaban J connectivity index is 0.00000448. The summed E-state index contributed by atoms with van der Waals surface area (Å²) in [6.07, 6.45) is 5.06. The van der Waals surface area contributed by atoms with E-state index in [1.165, 1.54) is 24.3 Å². The fourth-order valence-corrected chi connectivity index (χ4v) is 7.18. The van der Waals surface area contributed by atoms with Crippen LogP contribution in [-0.4, -0.2) is 47.1 Å². The van der Waals surface area contributed by atoms with E-state index in [-0.39, 0.29) is 65.0 Å². The average Bonchev–Trinajstić information content (AvgIpc) is 4.00. The molecule has 2 aliphatic rings. The second-order valence-corrected chi connectivity index (χ2v) is 15.4. The molecule has 3 heterocycles. The van der Waals surface area contributed by atoms with Crippen molar-refractivity contribution in [3.8, 4) is 17.1 Å². The summed E-state index contributed by atoms with van der Waals surface area (Å²) in [5, 5.41) is 12.8. The fraction of sp³-hybridized carbons (Fsp3) is 0.351. The summed E-state index contributed by atoms with van der Waals surface area (Å²) in [6.45, 7) is 6.40. The Bertz CT molecular complexity index is 2200. The van der Waals surface area contributed by atoms with Gasteiger partial charge in [0.25, 0.3) is 10.0 Å². The quantitative estimate of drug-likeness (QED) is 0.104. The lowest BCUT2D eigenvalue weighted by Crippen LogP contribution is -2.36. The van der Waals surface area contributed by atoms with Crippen molar-refractivity contribution in [1.82, 2.24) is 20.3 Å². The van der Waals surface area contributed by atoms with Crippen molar-refractivity contribution in [2.45, 2.75) is 76.3 Å². The summed E-state index contributed by atoms with van der Waals surface area (Å²) in [6, 6.07) is 15.6. The van der Waals surface area contributed by atoms with Crippen LogP contribution in [0.4, 0.5) is 10.3 Å². The highest BCUT2D eigenvalue weighted by Crippen LogP contribution is 2.49. The first-order valence-corrected chi connectivity index (χ1v) is 18.1. The third-order valence-electron chi connectivity index (χ3n) is 9.42. The first-order chi connectivity index (χ1) is 23.9. The minimum absolute atomic E-state index is 0. The Morgan fingerprint density at radius 2 is 1.78 bits per heavy atom. The zero-order chi connectivity index (χ0) is 35.2. The maximum Gasteiger partial charge on any atom is 0.335 e. The van der Waals surface area contributed by atoms with Gasteiger partial charge < -0.3 is 19.6 Å². The molecule has 268 valence electrons.